The lowest BCUT2D eigenvalue weighted by Crippen LogP contribution is -2.15. The van der Waals surface area contributed by atoms with Crippen LogP contribution in [0.1, 0.15) is 21.7 Å². The van der Waals surface area contributed by atoms with E-state index in [0.29, 0.717) is 22.2 Å². The molecule has 7 heteroatoms. The Morgan fingerprint density at radius 2 is 1.70 bits per heavy atom. The van der Waals surface area contributed by atoms with Gasteiger partial charge in [-0.15, -0.1) is 5.10 Å². The van der Waals surface area contributed by atoms with E-state index in [-0.39, 0.29) is 11.6 Å². The van der Waals surface area contributed by atoms with Crippen LogP contribution in [-0.2, 0) is 0 Å². The lowest BCUT2D eigenvalue weighted by molar-refractivity contribution is 0.101. The predicted molar refractivity (Wildman–Crippen MR) is 116 cm³/mol. The molecule has 150 valence electrons. The standard InChI is InChI=1S/C23H18ClFN4O/c1-14-3-4-15(2)20(13-14)26-23(30)21-27-22(16-5-7-17(24)8-6-16)29(28-21)19-11-9-18(25)10-12-19/h3-13H,1-2H3,(H,26,30). The Morgan fingerprint density at radius 3 is 2.40 bits per heavy atom. The molecule has 0 saturated heterocycles. The number of anilines is 1. The van der Waals surface area contributed by atoms with Crippen LogP contribution >= 0.6 is 11.6 Å². The molecule has 0 radical (unpaired) electrons. The number of hydrogen-bond acceptors (Lipinski definition) is 3. The highest BCUT2D eigenvalue weighted by Gasteiger charge is 2.19. The van der Waals surface area contributed by atoms with Crippen molar-refractivity contribution in [3.63, 3.8) is 0 Å². The number of hydrogen-bond donors (Lipinski definition) is 1. The van der Waals surface area contributed by atoms with Crippen LogP contribution in [0.5, 0.6) is 0 Å². The van der Waals surface area contributed by atoms with Gasteiger partial charge in [-0.1, -0.05) is 23.7 Å². The number of nitrogens with zero attached hydrogens (tertiary/aromatic N) is 3. The van der Waals surface area contributed by atoms with E-state index in [0.717, 1.165) is 16.7 Å². The molecule has 0 unspecified atom stereocenters. The van der Waals surface area contributed by atoms with Gasteiger partial charge in [0.25, 0.3) is 5.91 Å². The minimum Gasteiger partial charge on any atom is -0.319 e. The normalized spacial score (nSPS) is 10.8. The van der Waals surface area contributed by atoms with Gasteiger partial charge in [-0.2, -0.15) is 0 Å². The molecule has 30 heavy (non-hydrogen) atoms. The summed E-state index contributed by atoms with van der Waals surface area (Å²) in [5.41, 5.74) is 3.97. The first-order valence-corrected chi connectivity index (χ1v) is 9.66. The predicted octanol–water partition coefficient (Wildman–Crippen LogP) is 5.60. The summed E-state index contributed by atoms with van der Waals surface area (Å²) >= 11 is 6.00. The summed E-state index contributed by atoms with van der Waals surface area (Å²) in [6, 6.07) is 18.7. The number of rotatable bonds is 4. The van der Waals surface area contributed by atoms with Gasteiger partial charge < -0.3 is 5.32 Å². The number of halogens is 2. The van der Waals surface area contributed by atoms with Crippen LogP contribution in [-0.4, -0.2) is 20.7 Å². The number of amides is 1. The quantitative estimate of drug-likeness (QED) is 0.467. The first kappa shape index (κ1) is 19.8. The molecule has 1 amide bonds. The Bertz CT molecular complexity index is 1150. The molecule has 3 aromatic carbocycles. The van der Waals surface area contributed by atoms with Gasteiger partial charge in [-0.3, -0.25) is 4.79 Å². The summed E-state index contributed by atoms with van der Waals surface area (Å²) in [7, 11) is 0. The molecular weight excluding hydrogens is 403 g/mol. The number of benzene rings is 3. The third kappa shape index (κ3) is 4.09. The molecule has 0 spiro atoms. The highest BCUT2D eigenvalue weighted by atomic mass is 35.5. The highest BCUT2D eigenvalue weighted by Crippen LogP contribution is 2.24. The van der Waals surface area contributed by atoms with Gasteiger partial charge in [0.2, 0.25) is 5.82 Å². The van der Waals surface area contributed by atoms with Gasteiger partial charge in [0, 0.05) is 16.3 Å². The Labute approximate surface area is 178 Å². The number of carbonyl (C=O) groups excluding carboxylic acids is 1. The van der Waals surface area contributed by atoms with Crippen LogP contribution in [0.3, 0.4) is 0 Å². The Kier molecular flexibility index (Phi) is 5.33. The first-order chi connectivity index (χ1) is 14.4. The molecule has 0 atom stereocenters. The van der Waals surface area contributed by atoms with Gasteiger partial charge in [0.05, 0.1) is 5.69 Å². The largest absolute Gasteiger partial charge is 0.319 e. The van der Waals surface area contributed by atoms with E-state index in [9.17, 15) is 9.18 Å². The van der Waals surface area contributed by atoms with E-state index in [4.69, 9.17) is 11.6 Å². The number of aryl methyl sites for hydroxylation is 2. The van der Waals surface area contributed by atoms with Crippen molar-refractivity contribution in [2.24, 2.45) is 0 Å². The molecule has 0 bridgehead atoms. The zero-order valence-corrected chi connectivity index (χ0v) is 17.1. The van der Waals surface area contributed by atoms with Crippen LogP contribution in [0.15, 0.2) is 66.7 Å². The van der Waals surface area contributed by atoms with Crippen molar-refractivity contribution in [3.8, 4) is 17.1 Å². The van der Waals surface area contributed by atoms with Crippen molar-refractivity contribution in [3.05, 3.63) is 94.5 Å². The third-order valence-corrected chi connectivity index (χ3v) is 4.88. The molecule has 4 aromatic rings. The second-order valence-corrected chi connectivity index (χ2v) is 7.36. The second kappa shape index (κ2) is 8.08. The molecule has 0 saturated carbocycles. The van der Waals surface area contributed by atoms with Gasteiger partial charge in [0.15, 0.2) is 5.82 Å². The average Bonchev–Trinajstić information content (AvgIpc) is 3.17. The Balaban J connectivity index is 1.76. The van der Waals surface area contributed by atoms with Crippen LogP contribution < -0.4 is 5.32 Å². The lowest BCUT2D eigenvalue weighted by Gasteiger charge is -2.07. The van der Waals surface area contributed by atoms with Crippen molar-refractivity contribution < 1.29 is 9.18 Å². The van der Waals surface area contributed by atoms with Gasteiger partial charge in [-0.05, 0) is 79.6 Å². The maximum absolute atomic E-state index is 13.4. The van der Waals surface area contributed by atoms with Crippen LogP contribution in [0.4, 0.5) is 10.1 Å². The zero-order chi connectivity index (χ0) is 21.3. The first-order valence-electron chi connectivity index (χ1n) is 9.28. The van der Waals surface area contributed by atoms with E-state index in [1.165, 1.54) is 16.8 Å². The van der Waals surface area contributed by atoms with E-state index < -0.39 is 5.91 Å². The minimum atomic E-state index is -0.431. The number of aromatic nitrogens is 3. The SMILES string of the molecule is Cc1ccc(C)c(NC(=O)c2nc(-c3ccc(Cl)cc3)n(-c3ccc(F)cc3)n2)c1. The van der Waals surface area contributed by atoms with Crippen LogP contribution in [0.2, 0.25) is 5.02 Å². The zero-order valence-electron chi connectivity index (χ0n) is 16.4. The molecule has 0 aliphatic rings. The molecule has 1 heterocycles. The van der Waals surface area contributed by atoms with Gasteiger partial charge in [-0.25, -0.2) is 14.1 Å². The fourth-order valence-corrected chi connectivity index (χ4v) is 3.13. The van der Waals surface area contributed by atoms with Crippen LogP contribution in [0, 0.1) is 19.7 Å². The van der Waals surface area contributed by atoms with Gasteiger partial charge in [0.1, 0.15) is 5.82 Å². The highest BCUT2D eigenvalue weighted by molar-refractivity contribution is 6.30. The second-order valence-electron chi connectivity index (χ2n) is 6.93. The number of nitrogens with one attached hydrogen (secondary N) is 1. The van der Waals surface area contributed by atoms with Crippen molar-refractivity contribution in [2.45, 2.75) is 13.8 Å². The smallest absolute Gasteiger partial charge is 0.295 e. The summed E-state index contributed by atoms with van der Waals surface area (Å²) in [5, 5.41) is 7.85. The van der Waals surface area contributed by atoms with Crippen molar-refractivity contribution >= 4 is 23.2 Å². The molecule has 0 aliphatic heterocycles. The fraction of sp³-hybridized carbons (Fsp3) is 0.0870. The summed E-state index contributed by atoms with van der Waals surface area (Å²) in [5.74, 6) is -0.339. The molecule has 1 N–H and O–H groups in total. The van der Waals surface area contributed by atoms with Crippen LogP contribution in [0.25, 0.3) is 17.1 Å². The minimum absolute atomic E-state index is 0.00480. The summed E-state index contributed by atoms with van der Waals surface area (Å²) in [6.45, 7) is 3.87. The Hall–Kier alpha value is -3.51. The molecule has 4 rings (SSSR count). The Morgan fingerprint density at radius 1 is 1.00 bits per heavy atom. The maximum Gasteiger partial charge on any atom is 0.295 e. The monoisotopic (exact) mass is 420 g/mol. The average molecular weight is 421 g/mol. The lowest BCUT2D eigenvalue weighted by atomic mass is 10.1. The van der Waals surface area contributed by atoms with Crippen molar-refractivity contribution in [2.75, 3.05) is 5.32 Å². The van der Waals surface area contributed by atoms with Crippen molar-refractivity contribution in [1.82, 2.24) is 14.8 Å². The number of carbonyl (C=O) groups is 1. The van der Waals surface area contributed by atoms with Gasteiger partial charge >= 0.3 is 0 Å². The molecule has 5 nitrogen and oxygen atoms in total. The summed E-state index contributed by atoms with van der Waals surface area (Å²) in [6.07, 6.45) is 0. The third-order valence-electron chi connectivity index (χ3n) is 4.63. The molecule has 1 aromatic heterocycles. The van der Waals surface area contributed by atoms with E-state index >= 15 is 0 Å². The van der Waals surface area contributed by atoms with E-state index in [1.807, 2.05) is 32.0 Å². The maximum atomic E-state index is 13.4. The molecule has 0 aliphatic carbocycles. The van der Waals surface area contributed by atoms with Crippen molar-refractivity contribution in [1.29, 1.82) is 0 Å². The van der Waals surface area contributed by atoms with E-state index in [2.05, 4.69) is 15.4 Å². The summed E-state index contributed by atoms with van der Waals surface area (Å²) < 4.78 is 14.9. The summed E-state index contributed by atoms with van der Waals surface area (Å²) in [4.78, 5) is 17.3. The fourth-order valence-electron chi connectivity index (χ4n) is 3.01. The topological polar surface area (TPSA) is 59.8 Å². The molecular formula is C23H18ClFN4O. The molecule has 0 fully saturated rings. The van der Waals surface area contributed by atoms with E-state index in [1.54, 1.807) is 36.4 Å².